The quantitative estimate of drug-likeness (QED) is 0.753. The molecule has 2 nitrogen and oxygen atoms in total. The highest BCUT2D eigenvalue weighted by atomic mass is 15.1. The third kappa shape index (κ3) is 1.67. The molecule has 17 heavy (non-hydrogen) atoms. The highest BCUT2D eigenvalue weighted by Gasteiger charge is 2.23. The minimum absolute atomic E-state index is 0.587. The van der Waals surface area contributed by atoms with Crippen LogP contribution in [0, 0.1) is 6.92 Å². The summed E-state index contributed by atoms with van der Waals surface area (Å²) < 4.78 is 2.45. The highest BCUT2D eigenvalue weighted by Crippen LogP contribution is 2.35. The predicted molar refractivity (Wildman–Crippen MR) is 71.4 cm³/mol. The smallest absolute Gasteiger partial charge is 0.106 e. The number of hydrogen-bond acceptors (Lipinski definition) is 1. The van der Waals surface area contributed by atoms with Crippen molar-refractivity contribution < 1.29 is 0 Å². The van der Waals surface area contributed by atoms with Crippen LogP contribution in [0.1, 0.15) is 56.5 Å². The molecule has 0 saturated heterocycles. The lowest BCUT2D eigenvalue weighted by atomic mass is 9.92. The zero-order valence-electron chi connectivity index (χ0n) is 10.9. The molecule has 0 unspecified atom stereocenters. The molecule has 2 heteroatoms. The van der Waals surface area contributed by atoms with Gasteiger partial charge >= 0.3 is 0 Å². The topological polar surface area (TPSA) is 17.8 Å². The number of hydrogen-bond donors (Lipinski definition) is 0. The SMILES string of the molecule is Cc1nc2ccc(C(C)C)cc2n1C1CCC1. The minimum atomic E-state index is 0.587. The van der Waals surface area contributed by atoms with Crippen molar-refractivity contribution in [3.63, 3.8) is 0 Å². The summed E-state index contributed by atoms with van der Waals surface area (Å²) in [5.41, 5.74) is 3.90. The van der Waals surface area contributed by atoms with Crippen molar-refractivity contribution in [3.05, 3.63) is 29.6 Å². The number of fused-ring (bicyclic) bond motifs is 1. The number of nitrogens with zero attached hydrogens (tertiary/aromatic N) is 2. The summed E-state index contributed by atoms with van der Waals surface area (Å²) in [5, 5.41) is 0. The normalized spacial score (nSPS) is 16.7. The molecule has 1 aliphatic rings. The zero-order chi connectivity index (χ0) is 12.0. The molecule has 1 saturated carbocycles. The number of aromatic nitrogens is 2. The minimum Gasteiger partial charge on any atom is -0.325 e. The van der Waals surface area contributed by atoms with E-state index in [2.05, 4.69) is 48.5 Å². The molecule has 0 N–H and O–H groups in total. The molecule has 1 aromatic carbocycles. The van der Waals surface area contributed by atoms with Crippen LogP contribution in [0.4, 0.5) is 0 Å². The third-order valence-electron chi connectivity index (χ3n) is 4.00. The molecule has 90 valence electrons. The molecular formula is C15H20N2. The van der Waals surface area contributed by atoms with E-state index in [0.29, 0.717) is 12.0 Å². The predicted octanol–water partition coefficient (Wildman–Crippen LogP) is 4.19. The summed E-state index contributed by atoms with van der Waals surface area (Å²) in [4.78, 5) is 4.68. The summed E-state index contributed by atoms with van der Waals surface area (Å²) in [7, 11) is 0. The maximum atomic E-state index is 4.68. The summed E-state index contributed by atoms with van der Waals surface area (Å²) >= 11 is 0. The van der Waals surface area contributed by atoms with Crippen LogP contribution in [0.15, 0.2) is 18.2 Å². The summed E-state index contributed by atoms with van der Waals surface area (Å²) in [6.45, 7) is 6.63. The Kier molecular flexibility index (Phi) is 2.46. The molecular weight excluding hydrogens is 208 g/mol. The van der Waals surface area contributed by atoms with E-state index in [-0.39, 0.29) is 0 Å². The molecule has 0 aliphatic heterocycles. The van der Waals surface area contributed by atoms with Gasteiger partial charge in [-0.15, -0.1) is 0 Å². The second-order valence-corrected chi connectivity index (χ2v) is 5.52. The zero-order valence-corrected chi connectivity index (χ0v) is 10.9. The van der Waals surface area contributed by atoms with Crippen LogP contribution >= 0.6 is 0 Å². The van der Waals surface area contributed by atoms with Gasteiger partial charge in [0.2, 0.25) is 0 Å². The molecule has 0 radical (unpaired) electrons. The lowest BCUT2D eigenvalue weighted by molar-refractivity contribution is 0.316. The molecule has 3 rings (SSSR count). The van der Waals surface area contributed by atoms with Crippen LogP contribution in [0.3, 0.4) is 0 Å². The Hall–Kier alpha value is -1.31. The molecule has 1 aromatic heterocycles. The first-order chi connectivity index (χ1) is 8.16. The Balaban J connectivity index is 2.18. The van der Waals surface area contributed by atoms with Gasteiger partial charge in [-0.2, -0.15) is 0 Å². The van der Waals surface area contributed by atoms with Crippen LogP contribution < -0.4 is 0 Å². The Labute approximate surface area is 103 Å². The van der Waals surface area contributed by atoms with E-state index < -0.39 is 0 Å². The van der Waals surface area contributed by atoms with Gasteiger partial charge in [0.15, 0.2) is 0 Å². The summed E-state index contributed by atoms with van der Waals surface area (Å²) in [6.07, 6.45) is 4.00. The van der Waals surface area contributed by atoms with Gasteiger partial charge in [0.25, 0.3) is 0 Å². The average molecular weight is 228 g/mol. The van der Waals surface area contributed by atoms with E-state index in [4.69, 9.17) is 0 Å². The van der Waals surface area contributed by atoms with Crippen LogP contribution in [0.25, 0.3) is 11.0 Å². The summed E-state index contributed by atoms with van der Waals surface area (Å²) in [6, 6.07) is 7.41. The molecule has 1 aliphatic carbocycles. The van der Waals surface area contributed by atoms with E-state index in [0.717, 1.165) is 5.52 Å². The fraction of sp³-hybridized carbons (Fsp3) is 0.533. The third-order valence-corrected chi connectivity index (χ3v) is 4.00. The van der Waals surface area contributed by atoms with Gasteiger partial charge in [-0.25, -0.2) is 4.98 Å². The molecule has 0 bridgehead atoms. The van der Waals surface area contributed by atoms with Gasteiger partial charge in [0.1, 0.15) is 5.82 Å². The van der Waals surface area contributed by atoms with Gasteiger partial charge in [0, 0.05) is 6.04 Å². The van der Waals surface area contributed by atoms with Crippen molar-refractivity contribution in [1.29, 1.82) is 0 Å². The van der Waals surface area contributed by atoms with E-state index in [9.17, 15) is 0 Å². The summed E-state index contributed by atoms with van der Waals surface area (Å²) in [5.74, 6) is 1.76. The number of benzene rings is 1. The number of imidazole rings is 1. The van der Waals surface area contributed by atoms with Crippen molar-refractivity contribution >= 4 is 11.0 Å². The largest absolute Gasteiger partial charge is 0.325 e. The number of rotatable bonds is 2. The van der Waals surface area contributed by atoms with Crippen molar-refractivity contribution in [2.24, 2.45) is 0 Å². The monoisotopic (exact) mass is 228 g/mol. The van der Waals surface area contributed by atoms with Gasteiger partial charge in [-0.05, 0) is 49.8 Å². The lowest BCUT2D eigenvalue weighted by Crippen LogP contribution is -2.18. The maximum absolute atomic E-state index is 4.68. The van der Waals surface area contributed by atoms with Gasteiger partial charge in [-0.1, -0.05) is 19.9 Å². The van der Waals surface area contributed by atoms with E-state index in [1.165, 1.54) is 36.2 Å². The van der Waals surface area contributed by atoms with Crippen LogP contribution in [0.5, 0.6) is 0 Å². The standard InChI is InChI=1S/C15H20N2/c1-10(2)12-7-8-14-15(9-12)17(11(3)16-14)13-5-4-6-13/h7-10,13H,4-6H2,1-3H3. The average Bonchev–Trinajstić information content (AvgIpc) is 2.53. The molecule has 1 heterocycles. The Bertz CT molecular complexity index is 547. The second-order valence-electron chi connectivity index (χ2n) is 5.52. The fourth-order valence-electron chi connectivity index (χ4n) is 2.70. The first-order valence-corrected chi connectivity index (χ1v) is 6.65. The van der Waals surface area contributed by atoms with E-state index in [1.54, 1.807) is 0 Å². The fourth-order valence-corrected chi connectivity index (χ4v) is 2.70. The van der Waals surface area contributed by atoms with E-state index >= 15 is 0 Å². The van der Waals surface area contributed by atoms with Crippen LogP contribution in [-0.4, -0.2) is 9.55 Å². The molecule has 0 amide bonds. The van der Waals surface area contributed by atoms with Crippen molar-refractivity contribution in [1.82, 2.24) is 9.55 Å². The molecule has 1 fully saturated rings. The van der Waals surface area contributed by atoms with E-state index in [1.807, 2.05) is 0 Å². The Morgan fingerprint density at radius 3 is 2.65 bits per heavy atom. The molecule has 0 atom stereocenters. The van der Waals surface area contributed by atoms with Crippen molar-refractivity contribution in [3.8, 4) is 0 Å². The lowest BCUT2D eigenvalue weighted by Gasteiger charge is -2.28. The van der Waals surface area contributed by atoms with Gasteiger partial charge in [-0.3, -0.25) is 0 Å². The van der Waals surface area contributed by atoms with Crippen LogP contribution in [0.2, 0.25) is 0 Å². The molecule has 0 spiro atoms. The number of aryl methyl sites for hydroxylation is 1. The highest BCUT2D eigenvalue weighted by molar-refractivity contribution is 5.77. The Morgan fingerprint density at radius 1 is 1.29 bits per heavy atom. The van der Waals surface area contributed by atoms with Crippen LogP contribution in [-0.2, 0) is 0 Å². The first kappa shape index (κ1) is 10.8. The first-order valence-electron chi connectivity index (χ1n) is 6.65. The Morgan fingerprint density at radius 2 is 2.06 bits per heavy atom. The van der Waals surface area contributed by atoms with Gasteiger partial charge in [0.05, 0.1) is 11.0 Å². The second kappa shape index (κ2) is 3.86. The van der Waals surface area contributed by atoms with Crippen molar-refractivity contribution in [2.45, 2.75) is 52.0 Å². The van der Waals surface area contributed by atoms with Crippen molar-refractivity contribution in [2.75, 3.05) is 0 Å². The van der Waals surface area contributed by atoms with Gasteiger partial charge < -0.3 is 4.57 Å². The molecule has 2 aromatic rings. The maximum Gasteiger partial charge on any atom is 0.106 e.